The number of benzene rings is 6. The lowest BCUT2D eigenvalue weighted by molar-refractivity contribution is -0.384. The van der Waals surface area contributed by atoms with Gasteiger partial charge in [0.2, 0.25) is 11.8 Å². The van der Waals surface area contributed by atoms with Crippen molar-refractivity contribution in [2.75, 3.05) is 64.1 Å². The molecule has 2 aromatic heterocycles. The maximum atomic E-state index is 13.7. The largest absolute Gasteiger partial charge is 0.497 e. The Morgan fingerprint density at radius 2 is 1.47 bits per heavy atom. The van der Waals surface area contributed by atoms with Crippen molar-refractivity contribution >= 4 is 67.1 Å². The van der Waals surface area contributed by atoms with Crippen molar-refractivity contribution < 1.29 is 66.0 Å². The van der Waals surface area contributed by atoms with Crippen LogP contribution in [0.3, 0.4) is 0 Å². The van der Waals surface area contributed by atoms with Crippen molar-refractivity contribution in [3.63, 3.8) is 0 Å². The maximum absolute atomic E-state index is 13.7. The molecule has 420 valence electrons. The number of carbonyl (C=O) groups excluding carboxylic acids is 2. The van der Waals surface area contributed by atoms with E-state index in [9.17, 15) is 38.0 Å². The number of nitro benzene ring substituents is 1. The molecule has 1 aliphatic rings. The van der Waals surface area contributed by atoms with Gasteiger partial charge in [0.15, 0.2) is 21.0 Å². The number of carbonyl (C=O) groups is 3. The fourth-order valence-electron chi connectivity index (χ4n) is 9.58. The predicted octanol–water partition coefficient (Wildman–Crippen LogP) is 8.69. The Morgan fingerprint density at radius 3 is 2.11 bits per heavy atom. The number of anilines is 2. The van der Waals surface area contributed by atoms with Crippen molar-refractivity contribution in [2.45, 2.75) is 54.6 Å². The zero-order valence-corrected chi connectivity index (χ0v) is 45.3. The summed E-state index contributed by atoms with van der Waals surface area (Å²) in [7, 11) is 2.88. The summed E-state index contributed by atoms with van der Waals surface area (Å²) in [5.41, 5.74) is 2.51. The highest BCUT2D eigenvalue weighted by molar-refractivity contribution is 7.91. The number of carboxylic acids is 1. The number of ether oxygens (including phenoxy) is 7. The fourth-order valence-corrected chi connectivity index (χ4v) is 10.9. The molecule has 0 unspecified atom stereocenters. The van der Waals surface area contributed by atoms with E-state index in [1.807, 2.05) is 110 Å². The van der Waals surface area contributed by atoms with Gasteiger partial charge >= 0.3 is 18.0 Å². The molecule has 0 saturated carbocycles. The molecule has 1 fully saturated rings. The molecule has 0 radical (unpaired) electrons. The first-order chi connectivity index (χ1) is 39.1. The van der Waals surface area contributed by atoms with Crippen molar-refractivity contribution in [2.24, 2.45) is 0 Å². The zero-order valence-electron chi connectivity index (χ0n) is 44.5. The van der Waals surface area contributed by atoms with E-state index in [0.717, 1.165) is 16.6 Å². The maximum Gasteiger partial charge on any atom is 0.414 e. The number of rotatable bonds is 24. The molecule has 3 heterocycles. The molecule has 6 aromatic carbocycles. The molecule has 1 saturated heterocycles. The summed E-state index contributed by atoms with van der Waals surface area (Å²) in [6, 6.07) is 40.6. The summed E-state index contributed by atoms with van der Waals surface area (Å²) in [5, 5.41) is 24.5. The molecular formula is C58H57N7O15S. The van der Waals surface area contributed by atoms with Gasteiger partial charge < -0.3 is 43.2 Å². The quantitative estimate of drug-likeness (QED) is 0.0248. The number of methoxy groups -OCH3 is 2. The van der Waals surface area contributed by atoms with Crippen LogP contribution in [0.15, 0.2) is 151 Å². The number of hydrogen-bond donors (Lipinski definition) is 2. The highest BCUT2D eigenvalue weighted by atomic mass is 32.2. The van der Waals surface area contributed by atoms with Crippen LogP contribution >= 0.6 is 0 Å². The fraction of sp³-hybridized carbons (Fsp3) is 0.276. The van der Waals surface area contributed by atoms with Gasteiger partial charge in [0.25, 0.3) is 5.69 Å². The van der Waals surface area contributed by atoms with E-state index >= 15 is 0 Å². The number of nitrogens with zero attached hydrogens (tertiary/aromatic N) is 6. The molecule has 22 nitrogen and oxygen atoms in total. The third kappa shape index (κ3) is 12.8. The molecule has 0 bridgehead atoms. The van der Waals surface area contributed by atoms with Gasteiger partial charge in [-0.3, -0.25) is 29.6 Å². The standard InChI is InChI=1S/C58H57N7O15S/c1-63(2)46-14-8-13-45-44(46)12-9-15-49(45)81(72,73)33-32-77-57(69)62-56-60-54-53(55(61-56)76-31-30-37-16-22-41(23-17-37)65(70)71)59-36-64(54)50-34-47(80-52(68)29-28-51(66)67)48(79-50)35-78-58(38-10-6-5-7-11-38,39-18-24-42(74-3)25-19-39)40-20-26-43(75-4)27-21-40/h5-27,36,47-48,50H,28-35H2,1-4H3,(H,66,67)(H,60,61,62,69)/t47-,48+,50+/m0/s1. The lowest BCUT2D eigenvalue weighted by atomic mass is 9.80. The molecule has 2 N–H and O–H groups in total. The summed E-state index contributed by atoms with van der Waals surface area (Å²) in [6.07, 6.45) is -3.35. The Bertz CT molecular complexity index is 3610. The number of imidazole rings is 1. The number of aromatic nitrogens is 4. The number of esters is 1. The molecule has 0 spiro atoms. The number of nitro groups is 1. The number of hydrogen-bond acceptors (Lipinski definition) is 18. The first kappa shape index (κ1) is 56.5. The van der Waals surface area contributed by atoms with E-state index in [0.29, 0.717) is 33.6 Å². The Balaban J connectivity index is 1.02. The lowest BCUT2D eigenvalue weighted by Crippen LogP contribution is -2.39. The van der Waals surface area contributed by atoms with E-state index in [2.05, 4.69) is 20.3 Å². The van der Waals surface area contributed by atoms with Gasteiger partial charge in [-0.15, -0.1) is 0 Å². The second-order valence-corrected chi connectivity index (χ2v) is 21.0. The molecule has 9 rings (SSSR count). The number of aliphatic carboxylic acids is 1. The van der Waals surface area contributed by atoms with Crippen LogP contribution in [-0.2, 0) is 50.4 Å². The van der Waals surface area contributed by atoms with Crippen molar-refractivity contribution in [3.05, 3.63) is 178 Å². The Labute approximate surface area is 465 Å². The number of nitrogens with one attached hydrogen (secondary N) is 1. The average molecular weight is 1120 g/mol. The van der Waals surface area contributed by atoms with Gasteiger partial charge in [0.05, 0.1) is 62.2 Å². The highest BCUT2D eigenvalue weighted by Gasteiger charge is 2.44. The average Bonchev–Trinajstić information content (AvgIpc) is 4.24. The molecular weight excluding hydrogens is 1070 g/mol. The van der Waals surface area contributed by atoms with Crippen LogP contribution in [0.2, 0.25) is 0 Å². The van der Waals surface area contributed by atoms with Crippen molar-refractivity contribution in [1.82, 2.24) is 19.5 Å². The Hall–Kier alpha value is -9.19. The minimum Gasteiger partial charge on any atom is -0.497 e. The van der Waals surface area contributed by atoms with Gasteiger partial charge in [0.1, 0.15) is 42.1 Å². The second kappa shape index (κ2) is 24.9. The summed E-state index contributed by atoms with van der Waals surface area (Å²) >= 11 is 0. The topological polar surface area (TPSA) is 272 Å². The molecule has 1 aliphatic heterocycles. The number of amides is 1. The Morgan fingerprint density at radius 1 is 0.815 bits per heavy atom. The molecule has 0 aliphatic carbocycles. The summed E-state index contributed by atoms with van der Waals surface area (Å²) in [5.74, 6) is -1.72. The molecule has 23 heteroatoms. The highest BCUT2D eigenvalue weighted by Crippen LogP contribution is 2.44. The second-order valence-electron chi connectivity index (χ2n) is 18.9. The normalized spacial score (nSPS) is 15.2. The first-order valence-corrected chi connectivity index (χ1v) is 27.2. The van der Waals surface area contributed by atoms with E-state index in [-0.39, 0.29) is 59.6 Å². The Kier molecular flexibility index (Phi) is 17.4. The van der Waals surface area contributed by atoms with Crippen LogP contribution in [0.5, 0.6) is 17.4 Å². The summed E-state index contributed by atoms with van der Waals surface area (Å²) < 4.78 is 71.6. The third-order valence-electron chi connectivity index (χ3n) is 13.6. The van der Waals surface area contributed by atoms with Crippen LogP contribution in [0, 0.1) is 10.1 Å². The molecule has 1 amide bonds. The SMILES string of the molecule is COc1ccc(C(OC[C@H]2O[C@@H](n3cnc4c(OCCc5ccc([N+](=O)[O-])cc5)nc(NC(=O)OCCS(=O)(=O)c5cccc6c(N(C)C)cccc56)nc43)C[C@@H]2OC(=O)CCC(=O)O)(c2ccccc2)c2ccc(OC)cc2)cc1. The minimum absolute atomic E-state index is 0.0119. The number of sulfone groups is 1. The van der Waals surface area contributed by atoms with E-state index < -0.39 is 82.0 Å². The van der Waals surface area contributed by atoms with Crippen LogP contribution in [-0.4, -0.2) is 122 Å². The van der Waals surface area contributed by atoms with E-state index in [1.165, 1.54) is 29.1 Å². The zero-order chi connectivity index (χ0) is 57.3. The van der Waals surface area contributed by atoms with E-state index in [1.54, 1.807) is 44.6 Å². The predicted molar refractivity (Wildman–Crippen MR) is 296 cm³/mol. The monoisotopic (exact) mass is 1120 g/mol. The number of carboxylic acid groups (broad SMARTS) is 1. The molecule has 81 heavy (non-hydrogen) atoms. The van der Waals surface area contributed by atoms with Crippen molar-refractivity contribution in [1.29, 1.82) is 0 Å². The van der Waals surface area contributed by atoms with Gasteiger partial charge in [-0.25, -0.2) is 18.2 Å². The molecule has 8 aromatic rings. The van der Waals surface area contributed by atoms with Crippen LogP contribution in [0.1, 0.15) is 47.7 Å². The third-order valence-corrected chi connectivity index (χ3v) is 15.3. The van der Waals surface area contributed by atoms with Crippen molar-refractivity contribution in [3.8, 4) is 17.4 Å². The number of fused-ring (bicyclic) bond motifs is 2. The van der Waals surface area contributed by atoms with Gasteiger partial charge in [-0.2, -0.15) is 9.97 Å². The smallest absolute Gasteiger partial charge is 0.414 e. The molecule has 3 atom stereocenters. The first-order valence-electron chi connectivity index (χ1n) is 25.6. The summed E-state index contributed by atoms with van der Waals surface area (Å²) in [4.78, 5) is 64.9. The van der Waals surface area contributed by atoms with Gasteiger partial charge in [0, 0.05) is 55.5 Å². The summed E-state index contributed by atoms with van der Waals surface area (Å²) in [6.45, 7) is -0.752. The van der Waals surface area contributed by atoms with Gasteiger partial charge in [-0.05, 0) is 58.7 Å². The number of non-ortho nitro benzene ring substituents is 1. The van der Waals surface area contributed by atoms with Crippen LogP contribution in [0.4, 0.5) is 22.1 Å². The minimum atomic E-state index is -3.97. The van der Waals surface area contributed by atoms with Gasteiger partial charge in [-0.1, -0.05) is 91.0 Å². The van der Waals surface area contributed by atoms with Crippen LogP contribution in [0.25, 0.3) is 21.9 Å². The van der Waals surface area contributed by atoms with E-state index in [4.69, 9.17) is 33.2 Å². The van der Waals surface area contributed by atoms with Crippen LogP contribution < -0.4 is 24.4 Å². The lowest BCUT2D eigenvalue weighted by Gasteiger charge is -2.37.